The Hall–Kier alpha value is -2.64. The Bertz CT molecular complexity index is 825. The van der Waals surface area contributed by atoms with E-state index in [-0.39, 0.29) is 6.09 Å². The summed E-state index contributed by atoms with van der Waals surface area (Å²) in [6.07, 6.45) is 1.61. The molecule has 3 rings (SSSR count). The number of hydrogen-bond donors (Lipinski definition) is 2. The first kappa shape index (κ1) is 24.0. The molecule has 0 spiro atoms. The Labute approximate surface area is 190 Å². The number of carboxylic acids is 1. The zero-order chi connectivity index (χ0) is 23.5. The third-order valence-electron chi connectivity index (χ3n) is 5.98. The lowest BCUT2D eigenvalue weighted by Gasteiger charge is -2.38. The van der Waals surface area contributed by atoms with Crippen molar-refractivity contribution in [1.82, 2.24) is 5.32 Å². The van der Waals surface area contributed by atoms with Gasteiger partial charge >= 0.3 is 12.1 Å². The molecule has 2 heterocycles. The predicted molar refractivity (Wildman–Crippen MR) is 125 cm³/mol. The van der Waals surface area contributed by atoms with E-state index in [0.29, 0.717) is 32.2 Å². The normalized spacial score (nSPS) is 17.4. The number of carbonyl (C=O) groups is 2. The number of ether oxygens (including phenoxy) is 2. The SMILES string of the molecule is CC(C)(C)OC(=O)NCC1CCN(c2ccc3c(c2)N(CC(C)(C)C(=O)O)CCO3)CC1. The first-order valence-corrected chi connectivity index (χ1v) is 11.4. The summed E-state index contributed by atoms with van der Waals surface area (Å²) in [5.41, 5.74) is 0.740. The topological polar surface area (TPSA) is 91.3 Å². The number of nitrogens with zero attached hydrogens (tertiary/aromatic N) is 2. The molecule has 1 aromatic carbocycles. The largest absolute Gasteiger partial charge is 0.490 e. The van der Waals surface area contributed by atoms with Crippen LogP contribution >= 0.6 is 0 Å². The van der Waals surface area contributed by atoms with Gasteiger partial charge in [-0.2, -0.15) is 0 Å². The van der Waals surface area contributed by atoms with Crippen molar-refractivity contribution in [2.45, 2.75) is 53.1 Å². The number of alkyl carbamates (subject to hydrolysis) is 1. The maximum Gasteiger partial charge on any atom is 0.407 e. The van der Waals surface area contributed by atoms with Crippen molar-refractivity contribution in [1.29, 1.82) is 0 Å². The van der Waals surface area contributed by atoms with Gasteiger partial charge in [-0.15, -0.1) is 0 Å². The molecule has 1 amide bonds. The number of anilines is 2. The van der Waals surface area contributed by atoms with Crippen molar-refractivity contribution in [2.24, 2.45) is 11.3 Å². The molecular formula is C24H37N3O5. The molecule has 1 aromatic rings. The van der Waals surface area contributed by atoms with Crippen molar-refractivity contribution >= 4 is 23.4 Å². The van der Waals surface area contributed by atoms with Gasteiger partial charge in [0.15, 0.2) is 0 Å². The van der Waals surface area contributed by atoms with Crippen LogP contribution in [-0.2, 0) is 9.53 Å². The van der Waals surface area contributed by atoms with E-state index in [4.69, 9.17) is 9.47 Å². The van der Waals surface area contributed by atoms with Crippen LogP contribution in [0.3, 0.4) is 0 Å². The average molecular weight is 448 g/mol. The van der Waals surface area contributed by atoms with E-state index < -0.39 is 17.0 Å². The van der Waals surface area contributed by atoms with Gasteiger partial charge in [0.05, 0.1) is 17.6 Å². The highest BCUT2D eigenvalue weighted by molar-refractivity contribution is 5.76. The minimum Gasteiger partial charge on any atom is -0.490 e. The van der Waals surface area contributed by atoms with Crippen LogP contribution in [0.5, 0.6) is 5.75 Å². The molecule has 178 valence electrons. The summed E-state index contributed by atoms with van der Waals surface area (Å²) < 4.78 is 11.1. The molecular weight excluding hydrogens is 410 g/mol. The second kappa shape index (κ2) is 9.46. The highest BCUT2D eigenvalue weighted by Gasteiger charge is 2.32. The highest BCUT2D eigenvalue weighted by atomic mass is 16.6. The van der Waals surface area contributed by atoms with Crippen molar-refractivity contribution in [3.8, 4) is 5.75 Å². The van der Waals surface area contributed by atoms with E-state index in [2.05, 4.69) is 27.2 Å². The van der Waals surface area contributed by atoms with Gasteiger partial charge in [-0.3, -0.25) is 4.79 Å². The molecule has 0 aliphatic carbocycles. The molecule has 0 unspecified atom stereocenters. The molecule has 8 nitrogen and oxygen atoms in total. The monoisotopic (exact) mass is 447 g/mol. The van der Waals surface area contributed by atoms with Crippen molar-refractivity contribution in [3.63, 3.8) is 0 Å². The van der Waals surface area contributed by atoms with Crippen LogP contribution in [0.2, 0.25) is 0 Å². The van der Waals surface area contributed by atoms with Gasteiger partial charge in [-0.1, -0.05) is 0 Å². The third kappa shape index (κ3) is 6.20. The number of amides is 1. The summed E-state index contributed by atoms with van der Waals surface area (Å²) in [5, 5.41) is 12.4. The molecule has 1 fully saturated rings. The zero-order valence-corrected chi connectivity index (χ0v) is 19.9. The number of hydrogen-bond acceptors (Lipinski definition) is 6. The molecule has 0 radical (unpaired) electrons. The Kier molecular flexibility index (Phi) is 7.10. The minimum absolute atomic E-state index is 0.362. The van der Waals surface area contributed by atoms with Crippen LogP contribution in [0.15, 0.2) is 18.2 Å². The second-order valence-electron chi connectivity index (χ2n) is 10.4. The number of benzene rings is 1. The van der Waals surface area contributed by atoms with Gasteiger partial charge in [0.1, 0.15) is 18.0 Å². The van der Waals surface area contributed by atoms with Crippen molar-refractivity contribution in [3.05, 3.63) is 18.2 Å². The van der Waals surface area contributed by atoms with E-state index in [0.717, 1.165) is 43.1 Å². The second-order valence-corrected chi connectivity index (χ2v) is 10.4. The van der Waals surface area contributed by atoms with E-state index in [1.54, 1.807) is 13.8 Å². The van der Waals surface area contributed by atoms with E-state index >= 15 is 0 Å². The lowest BCUT2D eigenvalue weighted by atomic mass is 9.92. The quantitative estimate of drug-likeness (QED) is 0.686. The summed E-state index contributed by atoms with van der Waals surface area (Å²) in [6, 6.07) is 6.18. The summed E-state index contributed by atoms with van der Waals surface area (Å²) >= 11 is 0. The van der Waals surface area contributed by atoms with Crippen molar-refractivity contribution in [2.75, 3.05) is 49.1 Å². The molecule has 1 saturated heterocycles. The van der Waals surface area contributed by atoms with Crippen LogP contribution in [-0.4, -0.2) is 62.1 Å². The third-order valence-corrected chi connectivity index (χ3v) is 5.98. The molecule has 2 aliphatic heterocycles. The lowest BCUT2D eigenvalue weighted by Crippen LogP contribution is -2.43. The molecule has 32 heavy (non-hydrogen) atoms. The van der Waals surface area contributed by atoms with Gasteiger partial charge < -0.3 is 29.7 Å². The summed E-state index contributed by atoms with van der Waals surface area (Å²) in [7, 11) is 0. The molecule has 2 aliphatic rings. The maximum atomic E-state index is 11.9. The Balaban J connectivity index is 1.59. The summed E-state index contributed by atoms with van der Waals surface area (Å²) in [4.78, 5) is 28.0. The minimum atomic E-state index is -0.843. The summed E-state index contributed by atoms with van der Waals surface area (Å²) in [6.45, 7) is 13.2. The van der Waals surface area contributed by atoms with E-state index in [1.165, 1.54) is 0 Å². The van der Waals surface area contributed by atoms with E-state index in [1.807, 2.05) is 26.8 Å². The fourth-order valence-corrected chi connectivity index (χ4v) is 4.10. The number of fused-ring (bicyclic) bond motifs is 1. The predicted octanol–water partition coefficient (Wildman–Crippen LogP) is 3.74. The molecule has 0 bridgehead atoms. The van der Waals surface area contributed by atoms with Gasteiger partial charge in [-0.25, -0.2) is 4.79 Å². The Morgan fingerprint density at radius 2 is 1.84 bits per heavy atom. The van der Waals surface area contributed by atoms with Crippen LogP contribution < -0.4 is 19.9 Å². The first-order valence-electron chi connectivity index (χ1n) is 11.4. The molecule has 0 atom stereocenters. The van der Waals surface area contributed by atoms with Gasteiger partial charge in [-0.05, 0) is 71.6 Å². The van der Waals surface area contributed by atoms with Gasteiger partial charge in [0.2, 0.25) is 0 Å². The number of piperidine rings is 1. The van der Waals surface area contributed by atoms with E-state index in [9.17, 15) is 14.7 Å². The molecule has 0 saturated carbocycles. The number of nitrogens with one attached hydrogen (secondary N) is 1. The van der Waals surface area contributed by atoms with Crippen molar-refractivity contribution < 1.29 is 24.2 Å². The van der Waals surface area contributed by atoms with Crippen LogP contribution in [0.4, 0.5) is 16.2 Å². The number of carboxylic acid groups (broad SMARTS) is 1. The average Bonchev–Trinajstić information content (AvgIpc) is 2.71. The van der Waals surface area contributed by atoms with Gasteiger partial charge in [0, 0.05) is 31.9 Å². The number of aliphatic carboxylic acids is 1. The van der Waals surface area contributed by atoms with Gasteiger partial charge in [0.25, 0.3) is 0 Å². The highest BCUT2D eigenvalue weighted by Crippen LogP contribution is 2.37. The number of carbonyl (C=O) groups excluding carboxylic acids is 1. The fourth-order valence-electron chi connectivity index (χ4n) is 4.10. The smallest absolute Gasteiger partial charge is 0.407 e. The standard InChI is InChI=1S/C24H37N3O5/c1-23(2,3)32-22(30)25-15-17-8-10-26(11-9-17)18-6-7-20-19(14-18)27(12-13-31-20)16-24(4,5)21(28)29/h6-7,14,17H,8-13,15-16H2,1-5H3,(H,25,30)(H,28,29). The fraction of sp³-hybridized carbons (Fsp3) is 0.667. The Morgan fingerprint density at radius 3 is 2.47 bits per heavy atom. The lowest BCUT2D eigenvalue weighted by molar-refractivity contribution is -0.146. The van der Waals surface area contributed by atoms with Crippen LogP contribution in [0, 0.1) is 11.3 Å². The molecule has 0 aromatic heterocycles. The molecule has 8 heteroatoms. The molecule has 2 N–H and O–H groups in total. The maximum absolute atomic E-state index is 11.9. The first-order chi connectivity index (χ1) is 14.9. The van der Waals surface area contributed by atoms with Crippen LogP contribution in [0.1, 0.15) is 47.5 Å². The van der Waals surface area contributed by atoms with Crippen LogP contribution in [0.25, 0.3) is 0 Å². The Morgan fingerprint density at radius 1 is 1.16 bits per heavy atom. The summed E-state index contributed by atoms with van der Waals surface area (Å²) in [5.74, 6) is 0.425. The number of rotatable bonds is 6. The zero-order valence-electron chi connectivity index (χ0n) is 19.9.